The Morgan fingerprint density at radius 1 is 0.538 bits per heavy atom. The van der Waals surface area contributed by atoms with Crippen molar-refractivity contribution in [2.45, 2.75) is 26.2 Å². The van der Waals surface area contributed by atoms with Gasteiger partial charge in [0.05, 0.1) is 52.9 Å². The molecule has 0 saturated heterocycles. The average Bonchev–Trinajstić information content (AvgIpc) is 3.28. The molecule has 0 atom stereocenters. The van der Waals surface area contributed by atoms with Crippen LogP contribution in [0, 0.1) is 0 Å². The van der Waals surface area contributed by atoms with Crippen molar-refractivity contribution in [3.05, 3.63) is 37.4 Å². The second kappa shape index (κ2) is 11.1. The summed E-state index contributed by atoms with van der Waals surface area (Å²) < 4.78 is 31.0. The van der Waals surface area contributed by atoms with Gasteiger partial charge in [-0.25, -0.2) is 18.3 Å². The van der Waals surface area contributed by atoms with E-state index >= 15 is 0 Å². The van der Waals surface area contributed by atoms with Crippen LogP contribution in [0.5, 0.6) is 0 Å². The predicted octanol–water partition coefficient (Wildman–Crippen LogP) is -0.355. The van der Waals surface area contributed by atoms with Crippen LogP contribution in [0.3, 0.4) is 0 Å². The van der Waals surface area contributed by atoms with Crippen molar-refractivity contribution in [2.24, 2.45) is 0 Å². The summed E-state index contributed by atoms with van der Waals surface area (Å²) in [4.78, 5) is 0. The molecule has 8 heteroatoms. The van der Waals surface area contributed by atoms with Gasteiger partial charge < -0.3 is 18.9 Å². The lowest BCUT2D eigenvalue weighted by molar-refractivity contribution is -0.698. The summed E-state index contributed by atoms with van der Waals surface area (Å²) in [5.41, 5.74) is 0. The molecule has 1 aliphatic heterocycles. The minimum atomic E-state index is 0.623. The molecule has 144 valence electrons. The van der Waals surface area contributed by atoms with E-state index in [1.807, 2.05) is 0 Å². The van der Waals surface area contributed by atoms with Crippen LogP contribution >= 0.6 is 0 Å². The van der Waals surface area contributed by atoms with Gasteiger partial charge in [-0.1, -0.05) is 0 Å². The number of imidazole rings is 2. The third-order valence-corrected chi connectivity index (χ3v) is 4.21. The van der Waals surface area contributed by atoms with Crippen LogP contribution in [0.2, 0.25) is 0 Å². The van der Waals surface area contributed by atoms with Crippen molar-refractivity contribution >= 4 is 0 Å². The minimum Gasteiger partial charge on any atom is -0.375 e. The van der Waals surface area contributed by atoms with Crippen molar-refractivity contribution in [1.82, 2.24) is 9.13 Å². The van der Waals surface area contributed by atoms with Crippen LogP contribution < -0.4 is 9.13 Å². The van der Waals surface area contributed by atoms with Gasteiger partial charge in [0.1, 0.15) is 51.0 Å². The number of aromatic nitrogens is 4. The van der Waals surface area contributed by atoms with Gasteiger partial charge in [0.2, 0.25) is 12.7 Å². The molecule has 0 spiro atoms. The van der Waals surface area contributed by atoms with Gasteiger partial charge in [-0.15, -0.1) is 0 Å². The van der Waals surface area contributed by atoms with Crippen LogP contribution in [0.4, 0.5) is 0 Å². The Balaban J connectivity index is 1.43. The Kier molecular flexibility index (Phi) is 8.11. The van der Waals surface area contributed by atoms with Gasteiger partial charge in [-0.2, -0.15) is 0 Å². The van der Waals surface area contributed by atoms with Crippen molar-refractivity contribution in [3.63, 3.8) is 0 Å². The summed E-state index contributed by atoms with van der Waals surface area (Å²) in [7, 11) is 0. The van der Waals surface area contributed by atoms with Crippen LogP contribution in [-0.2, 0) is 45.1 Å². The highest BCUT2D eigenvalue weighted by Crippen LogP contribution is 1.90. The van der Waals surface area contributed by atoms with Gasteiger partial charge in [-0.3, -0.25) is 0 Å². The van der Waals surface area contributed by atoms with E-state index in [1.165, 1.54) is 0 Å². The monoisotopic (exact) mass is 366 g/mol. The summed E-state index contributed by atoms with van der Waals surface area (Å²) >= 11 is 0. The fourth-order valence-electron chi connectivity index (χ4n) is 2.73. The molecule has 0 aromatic carbocycles. The number of hydrogen-bond acceptors (Lipinski definition) is 4. The average molecular weight is 366 g/mol. The molecular weight excluding hydrogens is 336 g/mol. The fourth-order valence-corrected chi connectivity index (χ4v) is 2.73. The van der Waals surface area contributed by atoms with Crippen LogP contribution in [-0.4, -0.2) is 62.0 Å². The van der Waals surface area contributed by atoms with Gasteiger partial charge in [0.25, 0.3) is 0 Å². The normalized spacial score (nSPS) is 19.4. The number of hydrogen-bond donors (Lipinski definition) is 0. The van der Waals surface area contributed by atoms with Gasteiger partial charge in [0.15, 0.2) is 0 Å². The van der Waals surface area contributed by atoms with Gasteiger partial charge >= 0.3 is 0 Å². The van der Waals surface area contributed by atoms with E-state index in [4.69, 9.17) is 18.9 Å². The Bertz CT molecular complexity index is 525. The summed E-state index contributed by atoms with van der Waals surface area (Å²) in [5, 5.41) is 0. The quantitative estimate of drug-likeness (QED) is 0.598. The molecule has 3 heterocycles. The van der Waals surface area contributed by atoms with E-state index < -0.39 is 0 Å². The maximum absolute atomic E-state index is 5.64. The largest absolute Gasteiger partial charge is 0.375 e. The van der Waals surface area contributed by atoms with Crippen LogP contribution in [0.1, 0.15) is 0 Å². The van der Waals surface area contributed by atoms with E-state index in [-0.39, 0.29) is 0 Å². The SMILES string of the molecule is c1c[n+]2cn1CCOCCOCC[n+]1ccn(c1)CCOCCOCC2. The maximum Gasteiger partial charge on any atom is 0.243 e. The summed E-state index contributed by atoms with van der Waals surface area (Å²) in [5.74, 6) is 0. The van der Waals surface area contributed by atoms with Crippen LogP contribution in [0.25, 0.3) is 0 Å². The third-order valence-electron chi connectivity index (χ3n) is 4.21. The maximum atomic E-state index is 5.64. The fraction of sp³-hybridized carbons (Fsp3) is 0.667. The molecule has 0 fully saturated rings. The first-order valence-corrected chi connectivity index (χ1v) is 9.31. The zero-order valence-electron chi connectivity index (χ0n) is 15.4. The number of ether oxygens (including phenoxy) is 4. The number of rotatable bonds is 0. The third kappa shape index (κ3) is 6.87. The topological polar surface area (TPSA) is 54.5 Å². The van der Waals surface area contributed by atoms with Gasteiger partial charge in [-0.05, 0) is 0 Å². The molecule has 8 nitrogen and oxygen atoms in total. The van der Waals surface area contributed by atoms with Crippen LogP contribution in [0.15, 0.2) is 37.4 Å². The molecule has 0 N–H and O–H groups in total. The first kappa shape index (κ1) is 19.0. The molecule has 1 aliphatic rings. The summed E-state index contributed by atoms with van der Waals surface area (Å²) in [6, 6.07) is 0. The molecular formula is C18H30N4O4+2. The second-order valence-corrected chi connectivity index (χ2v) is 6.23. The first-order valence-electron chi connectivity index (χ1n) is 9.31. The molecule has 4 bridgehead atoms. The van der Waals surface area contributed by atoms with E-state index in [2.05, 4.69) is 55.7 Å². The lowest BCUT2D eigenvalue weighted by Gasteiger charge is -2.05. The van der Waals surface area contributed by atoms with Crippen molar-refractivity contribution in [1.29, 1.82) is 0 Å². The van der Waals surface area contributed by atoms with E-state index in [0.29, 0.717) is 52.9 Å². The van der Waals surface area contributed by atoms with E-state index in [1.54, 1.807) is 0 Å². The second-order valence-electron chi connectivity index (χ2n) is 6.23. The smallest absolute Gasteiger partial charge is 0.243 e. The molecule has 2 aromatic rings. The van der Waals surface area contributed by atoms with Crippen molar-refractivity contribution in [3.8, 4) is 0 Å². The number of nitrogens with zero attached hydrogens (tertiary/aromatic N) is 4. The summed E-state index contributed by atoms with van der Waals surface area (Å²) in [6.45, 7) is 8.58. The highest BCUT2D eigenvalue weighted by atomic mass is 16.5. The highest BCUT2D eigenvalue weighted by Gasteiger charge is 2.05. The first-order chi connectivity index (χ1) is 12.9. The lowest BCUT2D eigenvalue weighted by atomic mass is 10.6. The molecule has 26 heavy (non-hydrogen) atoms. The molecule has 0 saturated carbocycles. The molecule has 0 aliphatic carbocycles. The van der Waals surface area contributed by atoms with Crippen molar-refractivity contribution in [2.75, 3.05) is 52.9 Å². The minimum absolute atomic E-state index is 0.623. The Morgan fingerprint density at radius 2 is 0.962 bits per heavy atom. The van der Waals surface area contributed by atoms with E-state index in [9.17, 15) is 0 Å². The molecule has 0 radical (unpaired) electrons. The molecule has 0 unspecified atom stereocenters. The molecule has 3 rings (SSSR count). The van der Waals surface area contributed by atoms with Crippen molar-refractivity contribution < 1.29 is 28.1 Å². The zero-order valence-corrected chi connectivity index (χ0v) is 15.4. The summed E-state index contributed by atoms with van der Waals surface area (Å²) in [6.07, 6.45) is 12.4. The highest BCUT2D eigenvalue weighted by molar-refractivity contribution is 4.66. The Hall–Kier alpha value is -1.74. The number of fused-ring (bicyclic) bond motifs is 4. The standard InChI is InChI=1S/C18H30N4O4/c1-2-20-6-10-24-15-16-26-12-8-22-4-3-21(18-22)7-11-25-14-13-23-9-5-19(1)17-20/h1-4,17-18H,5-16H2/q+2. The lowest BCUT2D eigenvalue weighted by Crippen LogP contribution is -2.34. The van der Waals surface area contributed by atoms with Gasteiger partial charge in [0, 0.05) is 0 Å². The molecule has 0 amide bonds. The predicted molar refractivity (Wildman–Crippen MR) is 92.5 cm³/mol. The molecule has 2 aromatic heterocycles. The van der Waals surface area contributed by atoms with E-state index in [0.717, 1.165) is 26.2 Å². The Labute approximate surface area is 154 Å². The zero-order chi connectivity index (χ0) is 17.9. The Morgan fingerprint density at radius 3 is 1.42 bits per heavy atom.